The second-order valence-electron chi connectivity index (χ2n) is 7.48. The van der Waals surface area contributed by atoms with Crippen molar-refractivity contribution in [3.8, 4) is 0 Å². The average molecular weight is 364 g/mol. The molecule has 0 N–H and O–H groups in total. The molecule has 134 valence electrons. The molecule has 0 nitrogen and oxygen atoms in total. The van der Waals surface area contributed by atoms with Crippen LogP contribution < -0.4 is 45.9 Å². The van der Waals surface area contributed by atoms with Crippen LogP contribution in [0.2, 0.25) is 6.32 Å². The molecule has 0 aliphatic rings. The zero-order valence-corrected chi connectivity index (χ0v) is 19.0. The van der Waals surface area contributed by atoms with Crippen LogP contribution in [0.4, 0.5) is 0 Å². The Hall–Kier alpha value is -1.28. The largest absolute Gasteiger partial charge is 1.00 e. The van der Waals surface area contributed by atoms with E-state index in [1.54, 1.807) is 0 Å². The summed E-state index contributed by atoms with van der Waals surface area (Å²) in [6, 6.07) is 33.5. The van der Waals surface area contributed by atoms with Crippen LogP contribution >= 0.6 is 0 Å². The molecule has 0 bridgehead atoms. The molecule has 0 aliphatic heterocycles. The zero-order valence-electron chi connectivity index (χ0n) is 17.0. The van der Waals surface area contributed by atoms with E-state index in [2.05, 4.69) is 97.9 Å². The van der Waals surface area contributed by atoms with Gasteiger partial charge in [-0.05, 0) is 0 Å². The topological polar surface area (TPSA) is 0 Å². The Morgan fingerprint density at radius 1 is 0.519 bits per heavy atom. The maximum Gasteiger partial charge on any atom is 1.00 e. The molecule has 0 unspecified atom stereocenters. The molecule has 0 radical (unpaired) electrons. The third-order valence-corrected chi connectivity index (χ3v) is 5.85. The van der Waals surface area contributed by atoms with E-state index in [0.29, 0.717) is 0 Å². The molecule has 0 saturated heterocycles. The average Bonchev–Trinajstić information content (AvgIpc) is 2.73. The van der Waals surface area contributed by atoms with Gasteiger partial charge in [0.05, 0.1) is 6.15 Å². The summed E-state index contributed by atoms with van der Waals surface area (Å²) in [6.07, 6.45) is 6.87. The van der Waals surface area contributed by atoms with E-state index in [-0.39, 0.29) is 29.6 Å². The summed E-state index contributed by atoms with van der Waals surface area (Å²) in [6.45, 7) is 2.28. The fourth-order valence-corrected chi connectivity index (χ4v) is 4.48. The Morgan fingerprint density at radius 2 is 0.889 bits per heavy atom. The van der Waals surface area contributed by atoms with Gasteiger partial charge in [-0.25, -0.2) is 0 Å². The predicted molar refractivity (Wildman–Crippen MR) is 118 cm³/mol. The summed E-state index contributed by atoms with van der Waals surface area (Å²) in [5.41, 5.74) is 4.38. The van der Waals surface area contributed by atoms with Gasteiger partial charge in [0, 0.05) is 0 Å². The minimum absolute atomic E-state index is 0. The number of unbranched alkanes of at least 4 members (excludes halogenated alkanes) is 4. The van der Waals surface area contributed by atoms with E-state index in [1.165, 1.54) is 54.8 Å². The molecule has 0 spiro atoms. The molecule has 3 rings (SSSR count). The third kappa shape index (κ3) is 5.38. The maximum absolute atomic E-state index is 2.33. The monoisotopic (exact) mass is 364 g/mol. The SMILES string of the molecule is CCCCCCC[B-](c1ccccc1)(c1ccccc1)c1ccccc1.[Na+]. The molecule has 0 aliphatic carbocycles. The van der Waals surface area contributed by atoms with E-state index < -0.39 is 6.15 Å². The van der Waals surface area contributed by atoms with Crippen molar-refractivity contribution >= 4 is 22.5 Å². The molecular weight excluding hydrogens is 334 g/mol. The van der Waals surface area contributed by atoms with Gasteiger partial charge in [0.25, 0.3) is 0 Å². The van der Waals surface area contributed by atoms with Gasteiger partial charge in [0.2, 0.25) is 0 Å². The minimum atomic E-state index is -0.933. The van der Waals surface area contributed by atoms with Gasteiger partial charge in [-0.2, -0.15) is 22.7 Å². The van der Waals surface area contributed by atoms with Crippen molar-refractivity contribution in [1.82, 2.24) is 0 Å². The summed E-state index contributed by atoms with van der Waals surface area (Å²) in [7, 11) is 0. The number of rotatable bonds is 9. The van der Waals surface area contributed by atoms with E-state index in [9.17, 15) is 0 Å². The van der Waals surface area contributed by atoms with Crippen LogP contribution in [-0.2, 0) is 0 Å². The summed E-state index contributed by atoms with van der Waals surface area (Å²) in [4.78, 5) is 0. The van der Waals surface area contributed by atoms with Crippen LogP contribution in [0.25, 0.3) is 0 Å². The first-order valence-electron chi connectivity index (χ1n) is 10.2. The molecular formula is C25H30BNa. The summed E-state index contributed by atoms with van der Waals surface area (Å²) < 4.78 is 0. The van der Waals surface area contributed by atoms with E-state index in [0.717, 1.165) is 0 Å². The van der Waals surface area contributed by atoms with Crippen molar-refractivity contribution in [1.29, 1.82) is 0 Å². The Labute approximate surface area is 187 Å². The second kappa shape index (κ2) is 11.5. The normalized spacial score (nSPS) is 11.0. The van der Waals surface area contributed by atoms with Crippen molar-refractivity contribution in [2.24, 2.45) is 0 Å². The van der Waals surface area contributed by atoms with Crippen molar-refractivity contribution in [2.75, 3.05) is 0 Å². The van der Waals surface area contributed by atoms with Crippen LogP contribution in [0.5, 0.6) is 0 Å². The molecule has 0 heterocycles. The molecule has 0 atom stereocenters. The minimum Gasteiger partial charge on any atom is -0.200 e. The number of benzene rings is 3. The van der Waals surface area contributed by atoms with Crippen molar-refractivity contribution in [3.63, 3.8) is 0 Å². The van der Waals surface area contributed by atoms with Crippen LogP contribution in [0, 0.1) is 0 Å². The van der Waals surface area contributed by atoms with Gasteiger partial charge in [0.15, 0.2) is 0 Å². The van der Waals surface area contributed by atoms with Crippen molar-refractivity contribution in [3.05, 3.63) is 91.0 Å². The van der Waals surface area contributed by atoms with Crippen LogP contribution in [0.1, 0.15) is 39.0 Å². The molecule has 3 aromatic carbocycles. The van der Waals surface area contributed by atoms with Gasteiger partial charge >= 0.3 is 29.6 Å². The molecule has 2 heteroatoms. The Morgan fingerprint density at radius 3 is 1.26 bits per heavy atom. The Bertz CT molecular complexity index is 659. The summed E-state index contributed by atoms with van der Waals surface area (Å²) >= 11 is 0. The quantitative estimate of drug-likeness (QED) is 0.403. The number of hydrogen-bond donors (Lipinski definition) is 0. The van der Waals surface area contributed by atoms with Crippen LogP contribution in [0.15, 0.2) is 91.0 Å². The fourth-order valence-electron chi connectivity index (χ4n) is 4.48. The van der Waals surface area contributed by atoms with E-state index >= 15 is 0 Å². The molecule has 0 fully saturated rings. The van der Waals surface area contributed by atoms with Gasteiger partial charge in [0.1, 0.15) is 0 Å². The third-order valence-electron chi connectivity index (χ3n) is 5.85. The van der Waals surface area contributed by atoms with Gasteiger partial charge in [-0.15, -0.1) is 0 Å². The Kier molecular flexibility index (Phi) is 9.41. The smallest absolute Gasteiger partial charge is 0.200 e. The molecule has 0 saturated carbocycles. The molecule has 3 aromatic rings. The first kappa shape index (κ1) is 22.0. The van der Waals surface area contributed by atoms with Gasteiger partial charge in [-0.1, -0.05) is 130 Å². The molecule has 0 aromatic heterocycles. The van der Waals surface area contributed by atoms with Gasteiger partial charge in [-0.3, -0.25) is 0 Å². The van der Waals surface area contributed by atoms with Gasteiger partial charge < -0.3 is 0 Å². The first-order valence-corrected chi connectivity index (χ1v) is 10.2. The maximum atomic E-state index is 2.33. The number of hydrogen-bond acceptors (Lipinski definition) is 0. The van der Waals surface area contributed by atoms with E-state index in [1.807, 2.05) is 0 Å². The standard InChI is InChI=1S/C25H30B.Na/c1-2-3-4-5-15-22-26(23-16-9-6-10-17-23,24-18-11-7-12-19-24)25-20-13-8-14-21-25;/h6-14,16-21H,2-5,15,22H2,1H3;/q-1;+1. The summed E-state index contributed by atoms with van der Waals surface area (Å²) in [5.74, 6) is 0. The predicted octanol–water partition coefficient (Wildman–Crippen LogP) is 2.13. The van der Waals surface area contributed by atoms with Crippen LogP contribution in [0.3, 0.4) is 0 Å². The molecule has 27 heavy (non-hydrogen) atoms. The Balaban J connectivity index is 0.00000261. The fraction of sp³-hybridized carbons (Fsp3) is 0.280. The molecule has 0 amide bonds. The second-order valence-corrected chi connectivity index (χ2v) is 7.48. The van der Waals surface area contributed by atoms with Crippen molar-refractivity contribution < 1.29 is 29.6 Å². The van der Waals surface area contributed by atoms with E-state index in [4.69, 9.17) is 0 Å². The summed E-state index contributed by atoms with van der Waals surface area (Å²) in [5, 5.41) is 0. The van der Waals surface area contributed by atoms with Crippen LogP contribution in [-0.4, -0.2) is 6.15 Å². The first-order chi connectivity index (χ1) is 12.9. The van der Waals surface area contributed by atoms with Crippen molar-refractivity contribution in [2.45, 2.75) is 45.3 Å². The zero-order chi connectivity index (χ0) is 18.1.